The molecule has 0 spiro atoms. The first kappa shape index (κ1) is 15.6. The minimum atomic E-state index is -0.595. The van der Waals surface area contributed by atoms with Crippen LogP contribution in [0.4, 0.5) is 8.78 Å². The van der Waals surface area contributed by atoms with Crippen LogP contribution >= 0.6 is 0 Å². The summed E-state index contributed by atoms with van der Waals surface area (Å²) in [6.07, 6.45) is 0.442. The maximum absolute atomic E-state index is 12.9. The summed E-state index contributed by atoms with van der Waals surface area (Å²) in [5.74, 6) is -1.54. The van der Waals surface area contributed by atoms with Gasteiger partial charge in [0.05, 0.1) is 6.54 Å². The molecule has 0 fully saturated rings. The minimum absolute atomic E-state index is 0.0784. The van der Waals surface area contributed by atoms with E-state index >= 15 is 0 Å². The van der Waals surface area contributed by atoms with E-state index in [2.05, 4.69) is 5.32 Å². The van der Waals surface area contributed by atoms with Crippen LogP contribution in [0.1, 0.15) is 26.3 Å². The van der Waals surface area contributed by atoms with Crippen LogP contribution in [0.25, 0.3) is 0 Å². The van der Waals surface area contributed by atoms with Gasteiger partial charge in [-0.05, 0) is 51.4 Å². The molecule has 1 N–H and O–H groups in total. The molecule has 0 heterocycles. The summed E-state index contributed by atoms with van der Waals surface area (Å²) < 4.78 is 30.9. The Balaban J connectivity index is 2.29. The van der Waals surface area contributed by atoms with Crippen LogP contribution in [0.3, 0.4) is 0 Å². The van der Waals surface area contributed by atoms with Crippen LogP contribution in [-0.2, 0) is 16.0 Å². The van der Waals surface area contributed by atoms with Crippen molar-refractivity contribution in [3.05, 3.63) is 35.4 Å². The third-order valence-electron chi connectivity index (χ3n) is 2.20. The van der Waals surface area contributed by atoms with Gasteiger partial charge in [-0.3, -0.25) is 4.79 Å². The molecule has 0 aromatic heterocycles. The van der Waals surface area contributed by atoms with Crippen LogP contribution in [0.15, 0.2) is 18.2 Å². The lowest BCUT2D eigenvalue weighted by molar-refractivity contribution is -0.153. The van der Waals surface area contributed by atoms with Crippen molar-refractivity contribution in [3.8, 4) is 0 Å². The molecule has 1 rings (SSSR count). The van der Waals surface area contributed by atoms with Crippen molar-refractivity contribution in [1.82, 2.24) is 5.32 Å². The Labute approximate surface area is 112 Å². The number of hydrogen-bond donors (Lipinski definition) is 1. The molecule has 3 nitrogen and oxygen atoms in total. The Morgan fingerprint density at radius 2 is 1.79 bits per heavy atom. The van der Waals surface area contributed by atoms with E-state index in [4.69, 9.17) is 4.74 Å². The highest BCUT2D eigenvalue weighted by atomic mass is 19.1. The van der Waals surface area contributed by atoms with E-state index in [1.54, 1.807) is 20.8 Å². The number of esters is 1. The zero-order valence-electron chi connectivity index (χ0n) is 11.4. The van der Waals surface area contributed by atoms with Gasteiger partial charge in [-0.1, -0.05) is 0 Å². The first-order valence-corrected chi connectivity index (χ1v) is 6.14. The van der Waals surface area contributed by atoms with E-state index in [1.807, 2.05) is 0 Å². The predicted molar refractivity (Wildman–Crippen MR) is 68.8 cm³/mol. The summed E-state index contributed by atoms with van der Waals surface area (Å²) in [6.45, 7) is 5.90. The van der Waals surface area contributed by atoms with Crippen molar-refractivity contribution >= 4 is 5.97 Å². The Bertz CT molecular complexity index is 421. The highest BCUT2D eigenvalue weighted by Gasteiger charge is 2.15. The molecule has 0 saturated carbocycles. The highest BCUT2D eigenvalue weighted by Crippen LogP contribution is 2.08. The van der Waals surface area contributed by atoms with Crippen molar-refractivity contribution in [1.29, 1.82) is 0 Å². The molecule has 0 amide bonds. The molecule has 19 heavy (non-hydrogen) atoms. The van der Waals surface area contributed by atoms with Gasteiger partial charge in [0, 0.05) is 6.07 Å². The molecule has 1 aromatic carbocycles. The first-order valence-electron chi connectivity index (χ1n) is 6.14. The zero-order valence-corrected chi connectivity index (χ0v) is 11.4. The number of hydrogen-bond acceptors (Lipinski definition) is 3. The number of nitrogens with one attached hydrogen (secondary N) is 1. The lowest BCUT2D eigenvalue weighted by Gasteiger charge is -2.19. The summed E-state index contributed by atoms with van der Waals surface area (Å²) in [4.78, 5) is 11.4. The van der Waals surface area contributed by atoms with Gasteiger partial charge in [0.15, 0.2) is 0 Å². The number of benzene rings is 1. The summed E-state index contributed by atoms with van der Waals surface area (Å²) in [7, 11) is 0. The van der Waals surface area contributed by atoms with Crippen LogP contribution in [0.2, 0.25) is 0 Å². The second-order valence-electron chi connectivity index (χ2n) is 5.29. The van der Waals surface area contributed by atoms with E-state index in [0.717, 1.165) is 6.07 Å². The van der Waals surface area contributed by atoms with Crippen LogP contribution in [0.5, 0.6) is 0 Å². The van der Waals surface area contributed by atoms with Crippen LogP contribution < -0.4 is 5.32 Å². The van der Waals surface area contributed by atoms with Crippen molar-refractivity contribution in [3.63, 3.8) is 0 Å². The van der Waals surface area contributed by atoms with Crippen molar-refractivity contribution in [2.45, 2.75) is 32.8 Å². The van der Waals surface area contributed by atoms with Crippen molar-refractivity contribution in [2.24, 2.45) is 0 Å². The molecule has 106 valence electrons. The standard InChI is InChI=1S/C14H19F2NO2/c1-14(2,3)19-13(18)9-17-5-4-10-6-11(15)8-12(16)7-10/h6-8,17H,4-5,9H2,1-3H3. The molecule has 1 aromatic rings. The molecule has 0 aliphatic carbocycles. The largest absolute Gasteiger partial charge is 0.459 e. The zero-order chi connectivity index (χ0) is 14.5. The molecular weight excluding hydrogens is 252 g/mol. The summed E-state index contributed by atoms with van der Waals surface area (Å²) in [5, 5.41) is 2.88. The fraction of sp³-hybridized carbons (Fsp3) is 0.500. The van der Waals surface area contributed by atoms with Gasteiger partial charge in [0.2, 0.25) is 0 Å². The molecule has 0 saturated heterocycles. The third kappa shape index (κ3) is 6.86. The fourth-order valence-corrected chi connectivity index (χ4v) is 1.56. The summed E-state index contributed by atoms with van der Waals surface area (Å²) in [5.41, 5.74) is 0.0407. The average molecular weight is 271 g/mol. The minimum Gasteiger partial charge on any atom is -0.459 e. The smallest absolute Gasteiger partial charge is 0.320 e. The maximum atomic E-state index is 12.9. The molecule has 5 heteroatoms. The van der Waals surface area contributed by atoms with E-state index in [0.29, 0.717) is 18.5 Å². The molecule has 0 aliphatic rings. The lowest BCUT2D eigenvalue weighted by atomic mass is 10.1. The monoisotopic (exact) mass is 271 g/mol. The normalized spacial score (nSPS) is 11.4. The van der Waals surface area contributed by atoms with E-state index < -0.39 is 17.2 Å². The van der Waals surface area contributed by atoms with Gasteiger partial charge >= 0.3 is 5.97 Å². The van der Waals surface area contributed by atoms with Gasteiger partial charge in [-0.15, -0.1) is 0 Å². The third-order valence-corrected chi connectivity index (χ3v) is 2.20. The Morgan fingerprint density at radius 1 is 1.21 bits per heavy atom. The highest BCUT2D eigenvalue weighted by molar-refractivity contribution is 5.72. The lowest BCUT2D eigenvalue weighted by Crippen LogP contribution is -2.32. The SMILES string of the molecule is CC(C)(C)OC(=O)CNCCc1cc(F)cc(F)c1. The number of ether oxygens (including phenoxy) is 1. The molecule has 0 unspecified atom stereocenters. The Morgan fingerprint density at radius 3 is 2.32 bits per heavy atom. The number of halogens is 2. The molecule has 0 radical (unpaired) electrons. The summed E-state index contributed by atoms with van der Waals surface area (Å²) in [6, 6.07) is 3.38. The van der Waals surface area contributed by atoms with E-state index in [9.17, 15) is 13.6 Å². The Kier molecular flexibility index (Phi) is 5.42. The van der Waals surface area contributed by atoms with Crippen molar-refractivity contribution in [2.75, 3.05) is 13.1 Å². The Hall–Kier alpha value is -1.49. The second kappa shape index (κ2) is 6.61. The fourth-order valence-electron chi connectivity index (χ4n) is 1.56. The first-order chi connectivity index (χ1) is 8.76. The summed E-state index contributed by atoms with van der Waals surface area (Å²) >= 11 is 0. The second-order valence-corrected chi connectivity index (χ2v) is 5.29. The van der Waals surface area contributed by atoms with Crippen LogP contribution in [-0.4, -0.2) is 24.7 Å². The number of carbonyl (C=O) groups excluding carboxylic acids is 1. The molecular formula is C14H19F2NO2. The van der Waals surface area contributed by atoms with E-state index in [-0.39, 0.29) is 12.5 Å². The van der Waals surface area contributed by atoms with Gasteiger partial charge < -0.3 is 10.1 Å². The molecule has 0 aliphatic heterocycles. The predicted octanol–water partition coefficient (Wildman–Crippen LogP) is 2.44. The molecule has 0 atom stereocenters. The maximum Gasteiger partial charge on any atom is 0.320 e. The number of rotatable bonds is 5. The van der Waals surface area contributed by atoms with Gasteiger partial charge in [-0.25, -0.2) is 8.78 Å². The van der Waals surface area contributed by atoms with Gasteiger partial charge in [0.25, 0.3) is 0 Å². The van der Waals surface area contributed by atoms with Gasteiger partial charge in [-0.2, -0.15) is 0 Å². The topological polar surface area (TPSA) is 38.3 Å². The van der Waals surface area contributed by atoms with Crippen LogP contribution in [0, 0.1) is 11.6 Å². The quantitative estimate of drug-likeness (QED) is 0.660. The van der Waals surface area contributed by atoms with E-state index in [1.165, 1.54) is 12.1 Å². The molecule has 0 bridgehead atoms. The van der Waals surface area contributed by atoms with Gasteiger partial charge in [0.1, 0.15) is 17.2 Å². The number of carbonyl (C=O) groups is 1. The average Bonchev–Trinajstić information content (AvgIpc) is 2.20. The van der Waals surface area contributed by atoms with Crippen molar-refractivity contribution < 1.29 is 18.3 Å².